The van der Waals surface area contributed by atoms with E-state index in [-0.39, 0.29) is 5.96 Å². The molecule has 0 radical (unpaired) electrons. The molecule has 24 heavy (non-hydrogen) atoms. The normalized spacial score (nSPS) is 10.4. The van der Waals surface area contributed by atoms with Crippen LogP contribution < -0.4 is 11.5 Å². The third kappa shape index (κ3) is 3.14. The number of nitrogens with zero attached hydrogens (tertiary/aromatic N) is 3. The van der Waals surface area contributed by atoms with Crippen LogP contribution in [-0.4, -0.2) is 22.0 Å². The van der Waals surface area contributed by atoms with Gasteiger partial charge in [-0.15, -0.1) is 0 Å². The topological polar surface area (TPSA) is 120 Å². The summed E-state index contributed by atoms with van der Waals surface area (Å²) in [5, 5.41) is 3.99. The van der Waals surface area contributed by atoms with E-state index < -0.39 is 5.91 Å². The number of rotatable bonds is 3. The Hall–Kier alpha value is -3.48. The molecule has 0 aliphatic heterocycles. The summed E-state index contributed by atoms with van der Waals surface area (Å²) in [6.45, 7) is 1.79. The lowest BCUT2D eigenvalue weighted by atomic mass is 10.0. The summed E-state index contributed by atoms with van der Waals surface area (Å²) < 4.78 is 5.29. The predicted octanol–water partition coefficient (Wildman–Crippen LogP) is 2.13. The van der Waals surface area contributed by atoms with Crippen molar-refractivity contribution >= 4 is 11.9 Å². The quantitative estimate of drug-likeness (QED) is 0.563. The molecule has 0 atom stereocenters. The summed E-state index contributed by atoms with van der Waals surface area (Å²) in [7, 11) is 0. The summed E-state index contributed by atoms with van der Waals surface area (Å²) >= 11 is 0. The maximum atomic E-state index is 11.9. The zero-order chi connectivity index (χ0) is 17.1. The minimum Gasteiger partial charge on any atom is -0.370 e. The zero-order valence-electron chi connectivity index (χ0n) is 12.9. The van der Waals surface area contributed by atoms with Crippen LogP contribution in [0.15, 0.2) is 58.0 Å². The van der Waals surface area contributed by atoms with Crippen molar-refractivity contribution in [3.05, 3.63) is 59.7 Å². The van der Waals surface area contributed by atoms with Gasteiger partial charge in [0.05, 0.1) is 0 Å². The molecule has 1 aromatic heterocycles. The molecule has 0 spiro atoms. The summed E-state index contributed by atoms with van der Waals surface area (Å²) in [6, 6.07) is 14.6. The van der Waals surface area contributed by atoms with Crippen LogP contribution in [-0.2, 0) is 0 Å². The number of benzene rings is 2. The van der Waals surface area contributed by atoms with Crippen molar-refractivity contribution in [3.63, 3.8) is 0 Å². The van der Waals surface area contributed by atoms with Gasteiger partial charge in [-0.05, 0) is 36.8 Å². The third-order valence-electron chi connectivity index (χ3n) is 3.39. The molecule has 0 aliphatic carbocycles. The Morgan fingerprint density at radius 3 is 2.50 bits per heavy atom. The highest BCUT2D eigenvalue weighted by Gasteiger charge is 2.13. The molecule has 120 valence electrons. The van der Waals surface area contributed by atoms with Crippen LogP contribution in [0.3, 0.4) is 0 Å². The molecule has 1 heterocycles. The van der Waals surface area contributed by atoms with Crippen molar-refractivity contribution in [2.45, 2.75) is 6.92 Å². The fourth-order valence-electron chi connectivity index (χ4n) is 2.26. The van der Waals surface area contributed by atoms with E-state index in [0.29, 0.717) is 22.8 Å². The van der Waals surface area contributed by atoms with Crippen molar-refractivity contribution < 1.29 is 9.32 Å². The molecule has 0 bridgehead atoms. The van der Waals surface area contributed by atoms with Crippen LogP contribution >= 0.6 is 0 Å². The number of aromatic nitrogens is 2. The molecule has 7 nitrogen and oxygen atoms in total. The van der Waals surface area contributed by atoms with Crippen molar-refractivity contribution in [2.24, 2.45) is 16.5 Å². The molecule has 1 amide bonds. The smallest absolute Gasteiger partial charge is 0.280 e. The van der Waals surface area contributed by atoms with Gasteiger partial charge in [0.2, 0.25) is 5.82 Å². The summed E-state index contributed by atoms with van der Waals surface area (Å²) in [5.74, 6) is 0.119. The molecular formula is C17H15N5O2. The Bertz CT molecular complexity index is 912. The van der Waals surface area contributed by atoms with Gasteiger partial charge in [-0.3, -0.25) is 4.79 Å². The van der Waals surface area contributed by atoms with Gasteiger partial charge in [0.25, 0.3) is 11.8 Å². The van der Waals surface area contributed by atoms with E-state index in [1.165, 1.54) is 0 Å². The number of aliphatic imine (C=N–C) groups is 1. The van der Waals surface area contributed by atoms with Gasteiger partial charge in [-0.2, -0.15) is 9.98 Å². The largest absolute Gasteiger partial charge is 0.370 e. The molecule has 0 saturated heterocycles. The standard InChI is InChI=1S/C17H15N5O2/c1-10-9-12(7-8-13(10)15(23)21-17(18)19)14-20-16(24-22-14)11-5-3-2-4-6-11/h2-9H,1H3,(H4,18,19,21,23). The highest BCUT2D eigenvalue weighted by molar-refractivity contribution is 6.03. The van der Waals surface area contributed by atoms with Crippen LogP contribution in [0.5, 0.6) is 0 Å². The second-order valence-electron chi connectivity index (χ2n) is 5.16. The Balaban J connectivity index is 1.91. The van der Waals surface area contributed by atoms with E-state index >= 15 is 0 Å². The number of hydrogen-bond acceptors (Lipinski definition) is 4. The summed E-state index contributed by atoms with van der Waals surface area (Å²) in [5.41, 5.74) is 13.2. The number of hydrogen-bond donors (Lipinski definition) is 2. The number of aryl methyl sites for hydroxylation is 1. The second-order valence-corrected chi connectivity index (χ2v) is 5.16. The van der Waals surface area contributed by atoms with Crippen molar-refractivity contribution in [2.75, 3.05) is 0 Å². The van der Waals surface area contributed by atoms with E-state index in [9.17, 15) is 4.79 Å². The first-order valence-corrected chi connectivity index (χ1v) is 7.18. The first-order chi connectivity index (χ1) is 11.5. The minimum atomic E-state index is -0.489. The lowest BCUT2D eigenvalue weighted by Gasteiger charge is -2.03. The fraction of sp³-hybridized carbons (Fsp3) is 0.0588. The lowest BCUT2D eigenvalue weighted by Crippen LogP contribution is -2.24. The zero-order valence-corrected chi connectivity index (χ0v) is 12.9. The Morgan fingerprint density at radius 2 is 1.83 bits per heavy atom. The maximum Gasteiger partial charge on any atom is 0.280 e. The number of nitrogens with two attached hydrogens (primary N) is 2. The third-order valence-corrected chi connectivity index (χ3v) is 3.39. The molecule has 0 unspecified atom stereocenters. The van der Waals surface area contributed by atoms with E-state index in [1.54, 1.807) is 25.1 Å². The van der Waals surface area contributed by atoms with Gasteiger partial charge in [0.15, 0.2) is 5.96 Å². The van der Waals surface area contributed by atoms with Crippen LogP contribution in [0, 0.1) is 6.92 Å². The highest BCUT2D eigenvalue weighted by atomic mass is 16.5. The van der Waals surface area contributed by atoms with E-state index in [2.05, 4.69) is 15.1 Å². The number of carbonyl (C=O) groups is 1. The van der Waals surface area contributed by atoms with E-state index in [4.69, 9.17) is 16.0 Å². The summed E-state index contributed by atoms with van der Waals surface area (Å²) in [4.78, 5) is 19.8. The molecule has 2 aromatic carbocycles. The van der Waals surface area contributed by atoms with Gasteiger partial charge in [0, 0.05) is 16.7 Å². The van der Waals surface area contributed by atoms with Crippen LogP contribution in [0.4, 0.5) is 0 Å². The van der Waals surface area contributed by atoms with E-state index in [1.807, 2.05) is 30.3 Å². The predicted molar refractivity (Wildman–Crippen MR) is 90.0 cm³/mol. The van der Waals surface area contributed by atoms with Crippen LogP contribution in [0.25, 0.3) is 22.8 Å². The first-order valence-electron chi connectivity index (χ1n) is 7.18. The molecule has 7 heteroatoms. The highest BCUT2D eigenvalue weighted by Crippen LogP contribution is 2.24. The van der Waals surface area contributed by atoms with Crippen LogP contribution in [0.1, 0.15) is 15.9 Å². The average Bonchev–Trinajstić information content (AvgIpc) is 3.05. The average molecular weight is 321 g/mol. The van der Waals surface area contributed by atoms with Crippen molar-refractivity contribution in [1.29, 1.82) is 0 Å². The summed E-state index contributed by atoms with van der Waals surface area (Å²) in [6.07, 6.45) is 0. The molecule has 0 fully saturated rings. The Kier molecular flexibility index (Phi) is 4.07. The van der Waals surface area contributed by atoms with Crippen LogP contribution in [0.2, 0.25) is 0 Å². The van der Waals surface area contributed by atoms with Crippen molar-refractivity contribution in [1.82, 2.24) is 10.1 Å². The Morgan fingerprint density at radius 1 is 1.08 bits per heavy atom. The Labute approximate surface area is 138 Å². The van der Waals surface area contributed by atoms with Crippen molar-refractivity contribution in [3.8, 4) is 22.8 Å². The minimum absolute atomic E-state index is 0.269. The SMILES string of the molecule is Cc1cc(-c2noc(-c3ccccc3)n2)ccc1C(=O)N=C(N)N. The fourth-order valence-corrected chi connectivity index (χ4v) is 2.26. The lowest BCUT2D eigenvalue weighted by molar-refractivity contribution is 0.100. The molecule has 4 N–H and O–H groups in total. The van der Waals surface area contributed by atoms with Gasteiger partial charge in [0.1, 0.15) is 0 Å². The molecule has 3 rings (SSSR count). The monoisotopic (exact) mass is 321 g/mol. The second kappa shape index (κ2) is 6.33. The van der Waals surface area contributed by atoms with Gasteiger partial charge >= 0.3 is 0 Å². The van der Waals surface area contributed by atoms with E-state index in [0.717, 1.165) is 11.1 Å². The first kappa shape index (κ1) is 15.4. The van der Waals surface area contributed by atoms with Gasteiger partial charge in [-0.1, -0.05) is 29.4 Å². The molecular weight excluding hydrogens is 306 g/mol. The molecule has 0 aliphatic rings. The number of amides is 1. The van der Waals surface area contributed by atoms with Gasteiger partial charge < -0.3 is 16.0 Å². The number of carbonyl (C=O) groups excluding carboxylic acids is 1. The number of guanidine groups is 1. The molecule has 0 saturated carbocycles. The van der Waals surface area contributed by atoms with Gasteiger partial charge in [-0.25, -0.2) is 0 Å². The molecule has 3 aromatic rings. The maximum absolute atomic E-state index is 11.9.